The van der Waals surface area contributed by atoms with Crippen LogP contribution in [0.4, 0.5) is 4.39 Å². The van der Waals surface area contributed by atoms with Gasteiger partial charge in [0.2, 0.25) is 0 Å². The van der Waals surface area contributed by atoms with Gasteiger partial charge in [-0.25, -0.2) is 4.39 Å². The largest absolute Gasteiger partial charge is 0.490 e. The number of hydrogen-bond acceptors (Lipinski definition) is 3. The highest BCUT2D eigenvalue weighted by molar-refractivity contribution is 6.30. The zero-order valence-electron chi connectivity index (χ0n) is 10.8. The minimum Gasteiger partial charge on any atom is -0.490 e. The highest BCUT2D eigenvalue weighted by Crippen LogP contribution is 2.23. The van der Waals surface area contributed by atoms with Crippen molar-refractivity contribution in [1.82, 2.24) is 0 Å². The first-order valence-corrected chi connectivity index (χ1v) is 6.57. The van der Waals surface area contributed by atoms with Crippen molar-refractivity contribution in [3.63, 3.8) is 0 Å². The summed E-state index contributed by atoms with van der Waals surface area (Å²) < 4.78 is 24.3. The fraction of sp³-hybridized carbons (Fsp3) is 0.200. The van der Waals surface area contributed by atoms with E-state index in [9.17, 15) is 4.39 Å². The van der Waals surface area contributed by atoms with Crippen LogP contribution in [-0.2, 0) is 6.54 Å². The Bertz CT molecular complexity index is 560. The normalized spacial score (nSPS) is 10.3. The molecule has 0 unspecified atom stereocenters. The van der Waals surface area contributed by atoms with Gasteiger partial charge < -0.3 is 15.2 Å². The Labute approximate surface area is 122 Å². The Morgan fingerprint density at radius 2 is 1.70 bits per heavy atom. The first-order chi connectivity index (χ1) is 9.70. The summed E-state index contributed by atoms with van der Waals surface area (Å²) in [4.78, 5) is 0. The third kappa shape index (κ3) is 3.85. The first kappa shape index (κ1) is 14.6. The molecular formula is C15H15ClFNO2. The predicted molar refractivity (Wildman–Crippen MR) is 76.7 cm³/mol. The zero-order valence-corrected chi connectivity index (χ0v) is 11.6. The molecule has 0 spiro atoms. The summed E-state index contributed by atoms with van der Waals surface area (Å²) >= 11 is 5.65. The van der Waals surface area contributed by atoms with E-state index in [-0.39, 0.29) is 17.4 Å². The molecule has 0 amide bonds. The van der Waals surface area contributed by atoms with Crippen molar-refractivity contribution in [2.24, 2.45) is 5.73 Å². The maximum absolute atomic E-state index is 13.5. The minimum atomic E-state index is -0.554. The minimum absolute atomic E-state index is 0.0424. The maximum atomic E-state index is 13.5. The van der Waals surface area contributed by atoms with E-state index < -0.39 is 5.82 Å². The van der Waals surface area contributed by atoms with E-state index in [1.165, 1.54) is 12.1 Å². The predicted octanol–water partition coefficient (Wildman–Crippen LogP) is 3.40. The van der Waals surface area contributed by atoms with Gasteiger partial charge in [-0.1, -0.05) is 29.8 Å². The molecule has 2 aromatic carbocycles. The summed E-state index contributed by atoms with van der Waals surface area (Å²) in [6.45, 7) is 1.04. The summed E-state index contributed by atoms with van der Waals surface area (Å²) in [6.07, 6.45) is 0. The lowest BCUT2D eigenvalue weighted by molar-refractivity contribution is 0.211. The molecule has 0 atom stereocenters. The van der Waals surface area contributed by atoms with Crippen LogP contribution in [0.3, 0.4) is 0 Å². The fourth-order valence-electron chi connectivity index (χ4n) is 1.63. The van der Waals surface area contributed by atoms with Gasteiger partial charge in [-0.2, -0.15) is 0 Å². The molecule has 106 valence electrons. The Kier molecular flexibility index (Phi) is 5.21. The van der Waals surface area contributed by atoms with Gasteiger partial charge in [0.05, 0.1) is 5.02 Å². The second-order valence-electron chi connectivity index (χ2n) is 4.10. The summed E-state index contributed by atoms with van der Waals surface area (Å²) in [5, 5.41) is 0.0424. The van der Waals surface area contributed by atoms with Crippen LogP contribution >= 0.6 is 11.6 Å². The van der Waals surface area contributed by atoms with Crippen molar-refractivity contribution in [3.8, 4) is 11.5 Å². The molecule has 0 saturated heterocycles. The van der Waals surface area contributed by atoms with Gasteiger partial charge in [0, 0.05) is 6.54 Å². The van der Waals surface area contributed by atoms with Gasteiger partial charge >= 0.3 is 0 Å². The molecule has 0 heterocycles. The molecule has 0 aliphatic rings. The van der Waals surface area contributed by atoms with Gasteiger partial charge in [-0.05, 0) is 29.8 Å². The van der Waals surface area contributed by atoms with E-state index in [0.717, 1.165) is 11.3 Å². The second kappa shape index (κ2) is 7.12. The highest BCUT2D eigenvalue weighted by Gasteiger charge is 2.06. The van der Waals surface area contributed by atoms with Gasteiger partial charge in [0.25, 0.3) is 0 Å². The Morgan fingerprint density at radius 1 is 1.00 bits per heavy atom. The van der Waals surface area contributed by atoms with Crippen LogP contribution in [0.2, 0.25) is 5.02 Å². The molecule has 0 radical (unpaired) electrons. The number of benzene rings is 2. The summed E-state index contributed by atoms with van der Waals surface area (Å²) in [5.41, 5.74) is 6.54. The third-order valence-corrected chi connectivity index (χ3v) is 2.98. The van der Waals surface area contributed by atoms with Crippen molar-refractivity contribution in [1.29, 1.82) is 0 Å². The Balaban J connectivity index is 1.80. The van der Waals surface area contributed by atoms with Crippen LogP contribution in [0.5, 0.6) is 11.5 Å². The zero-order chi connectivity index (χ0) is 14.4. The van der Waals surface area contributed by atoms with Crippen LogP contribution in [0.15, 0.2) is 42.5 Å². The van der Waals surface area contributed by atoms with Gasteiger partial charge in [-0.15, -0.1) is 0 Å². The van der Waals surface area contributed by atoms with Crippen LogP contribution in [0.1, 0.15) is 5.56 Å². The first-order valence-electron chi connectivity index (χ1n) is 6.19. The highest BCUT2D eigenvalue weighted by atomic mass is 35.5. The lowest BCUT2D eigenvalue weighted by Crippen LogP contribution is -2.09. The molecule has 0 aliphatic carbocycles. The van der Waals surface area contributed by atoms with Crippen molar-refractivity contribution in [2.75, 3.05) is 13.2 Å². The molecule has 3 nitrogen and oxygen atoms in total. The molecule has 2 rings (SSSR count). The monoisotopic (exact) mass is 295 g/mol. The average Bonchev–Trinajstić information content (AvgIpc) is 2.48. The SMILES string of the molecule is NCc1ccc(OCCOc2cccc(Cl)c2F)cc1. The van der Waals surface area contributed by atoms with E-state index in [1.54, 1.807) is 6.07 Å². The number of ether oxygens (including phenoxy) is 2. The summed E-state index contributed by atoms with van der Waals surface area (Å²) in [6, 6.07) is 12.1. The van der Waals surface area contributed by atoms with Crippen LogP contribution in [0.25, 0.3) is 0 Å². The lowest BCUT2D eigenvalue weighted by atomic mass is 10.2. The summed E-state index contributed by atoms with van der Waals surface area (Å²) in [5.74, 6) is 0.290. The molecule has 0 aromatic heterocycles. The molecule has 0 bridgehead atoms. The molecule has 0 aliphatic heterocycles. The smallest absolute Gasteiger partial charge is 0.183 e. The number of hydrogen-bond donors (Lipinski definition) is 1. The maximum Gasteiger partial charge on any atom is 0.183 e. The van der Waals surface area contributed by atoms with Crippen molar-refractivity contribution in [2.45, 2.75) is 6.54 Å². The molecule has 5 heteroatoms. The van der Waals surface area contributed by atoms with E-state index >= 15 is 0 Å². The van der Waals surface area contributed by atoms with Crippen molar-refractivity contribution < 1.29 is 13.9 Å². The fourth-order valence-corrected chi connectivity index (χ4v) is 1.79. The van der Waals surface area contributed by atoms with Gasteiger partial charge in [0.15, 0.2) is 11.6 Å². The standard InChI is InChI=1S/C15H15ClFNO2/c16-13-2-1-3-14(15(13)17)20-9-8-19-12-6-4-11(10-18)5-7-12/h1-7H,8-10,18H2. The quantitative estimate of drug-likeness (QED) is 0.831. The van der Waals surface area contributed by atoms with Gasteiger partial charge in [0.1, 0.15) is 19.0 Å². The number of nitrogens with two attached hydrogens (primary N) is 1. The number of rotatable bonds is 6. The molecule has 2 aromatic rings. The average molecular weight is 296 g/mol. The lowest BCUT2D eigenvalue weighted by Gasteiger charge is -2.09. The van der Waals surface area contributed by atoms with Gasteiger partial charge in [-0.3, -0.25) is 0 Å². The summed E-state index contributed by atoms with van der Waals surface area (Å²) in [7, 11) is 0. The van der Waals surface area contributed by atoms with E-state index in [1.807, 2.05) is 24.3 Å². The third-order valence-electron chi connectivity index (χ3n) is 2.68. The van der Waals surface area contributed by atoms with Crippen LogP contribution in [0, 0.1) is 5.82 Å². The Morgan fingerprint density at radius 3 is 2.40 bits per heavy atom. The van der Waals surface area contributed by atoms with Crippen molar-refractivity contribution in [3.05, 3.63) is 58.9 Å². The topological polar surface area (TPSA) is 44.5 Å². The van der Waals surface area contributed by atoms with E-state index in [4.69, 9.17) is 26.8 Å². The molecular weight excluding hydrogens is 281 g/mol. The number of halogens is 2. The molecule has 20 heavy (non-hydrogen) atoms. The molecule has 2 N–H and O–H groups in total. The molecule has 0 fully saturated rings. The van der Waals surface area contributed by atoms with E-state index in [0.29, 0.717) is 13.2 Å². The second-order valence-corrected chi connectivity index (χ2v) is 4.50. The van der Waals surface area contributed by atoms with Crippen molar-refractivity contribution >= 4 is 11.6 Å². The van der Waals surface area contributed by atoms with Crippen LogP contribution in [-0.4, -0.2) is 13.2 Å². The Hall–Kier alpha value is -1.78. The van der Waals surface area contributed by atoms with Crippen LogP contribution < -0.4 is 15.2 Å². The van der Waals surface area contributed by atoms with E-state index in [2.05, 4.69) is 0 Å². The molecule has 0 saturated carbocycles.